The van der Waals surface area contributed by atoms with Gasteiger partial charge in [0.25, 0.3) is 5.69 Å². The average molecular weight is 498 g/mol. The SMILES string of the molecule is Cc1nn(-c2ccccc2)c(OC(=O)c2cc(Cl)ccc2[N+](=O)[O-])c1S(=O)(=O)c1ccccc1. The predicted octanol–water partition coefficient (Wildman–Crippen LogP) is 4.79. The van der Waals surface area contributed by atoms with E-state index in [4.69, 9.17) is 16.3 Å². The minimum Gasteiger partial charge on any atom is -0.402 e. The molecule has 1 heterocycles. The molecule has 0 aliphatic rings. The van der Waals surface area contributed by atoms with Crippen LogP contribution in [0.4, 0.5) is 5.69 Å². The van der Waals surface area contributed by atoms with Crippen molar-refractivity contribution in [1.29, 1.82) is 0 Å². The molecule has 3 aromatic carbocycles. The van der Waals surface area contributed by atoms with Gasteiger partial charge < -0.3 is 4.74 Å². The van der Waals surface area contributed by atoms with Gasteiger partial charge in [-0.1, -0.05) is 48.0 Å². The number of nitro groups is 1. The van der Waals surface area contributed by atoms with Crippen LogP contribution in [-0.2, 0) is 9.84 Å². The van der Waals surface area contributed by atoms with Crippen molar-refractivity contribution in [3.63, 3.8) is 0 Å². The second-order valence-corrected chi connectivity index (χ2v) is 9.41. The highest BCUT2D eigenvalue weighted by Crippen LogP contribution is 2.35. The number of carbonyl (C=O) groups excluding carboxylic acids is 1. The van der Waals surface area contributed by atoms with E-state index in [1.165, 1.54) is 29.8 Å². The molecule has 0 amide bonds. The summed E-state index contributed by atoms with van der Waals surface area (Å²) in [6.45, 7) is 1.47. The normalized spacial score (nSPS) is 11.2. The van der Waals surface area contributed by atoms with Gasteiger partial charge in [0.1, 0.15) is 5.56 Å². The standard InChI is InChI=1S/C23H16ClN3O6S/c1-15-21(34(31,32)18-10-6-3-7-11-18)22(26(25-15)17-8-4-2-5-9-17)33-23(28)19-14-16(24)12-13-20(19)27(29)30/h2-14H,1H3. The number of hydrogen-bond donors (Lipinski definition) is 0. The molecule has 9 nitrogen and oxygen atoms in total. The van der Waals surface area contributed by atoms with E-state index in [2.05, 4.69) is 5.10 Å². The molecule has 1 aromatic heterocycles. The van der Waals surface area contributed by atoms with Gasteiger partial charge in [0.15, 0.2) is 4.90 Å². The number of hydrogen-bond acceptors (Lipinski definition) is 7. The Hall–Kier alpha value is -4.02. The Bertz CT molecular complexity index is 1500. The van der Waals surface area contributed by atoms with E-state index in [9.17, 15) is 23.3 Å². The molecule has 0 bridgehead atoms. The Balaban J connectivity index is 1.92. The van der Waals surface area contributed by atoms with Gasteiger partial charge in [-0.25, -0.2) is 13.2 Å². The lowest BCUT2D eigenvalue weighted by molar-refractivity contribution is -0.385. The maximum Gasteiger partial charge on any atom is 0.351 e. The minimum atomic E-state index is -4.17. The first kappa shape index (κ1) is 23.1. The highest BCUT2D eigenvalue weighted by atomic mass is 35.5. The Morgan fingerprint density at radius 1 is 1.03 bits per heavy atom. The first-order valence-corrected chi connectivity index (χ1v) is 11.7. The van der Waals surface area contributed by atoms with Crippen LogP contribution in [0.1, 0.15) is 16.1 Å². The molecule has 0 aliphatic heterocycles. The predicted molar refractivity (Wildman–Crippen MR) is 123 cm³/mol. The van der Waals surface area contributed by atoms with Crippen molar-refractivity contribution in [2.24, 2.45) is 0 Å². The van der Waals surface area contributed by atoms with Crippen molar-refractivity contribution in [3.8, 4) is 11.6 Å². The van der Waals surface area contributed by atoms with Crippen LogP contribution in [0.15, 0.2) is 88.7 Å². The molecule has 4 rings (SSSR count). The third-order valence-corrected chi connectivity index (χ3v) is 6.99. The highest BCUT2D eigenvalue weighted by Gasteiger charge is 2.33. The molecule has 172 valence electrons. The number of aromatic nitrogens is 2. The van der Waals surface area contributed by atoms with Gasteiger partial charge >= 0.3 is 5.97 Å². The maximum absolute atomic E-state index is 13.5. The van der Waals surface area contributed by atoms with Gasteiger partial charge in [-0.3, -0.25) is 10.1 Å². The second-order valence-electron chi connectivity index (χ2n) is 7.09. The molecule has 0 unspecified atom stereocenters. The molecule has 0 N–H and O–H groups in total. The third kappa shape index (κ3) is 4.28. The highest BCUT2D eigenvalue weighted by molar-refractivity contribution is 7.91. The summed E-state index contributed by atoms with van der Waals surface area (Å²) in [6, 6.07) is 19.5. The van der Waals surface area contributed by atoms with E-state index in [1.807, 2.05) is 0 Å². The zero-order valence-electron chi connectivity index (χ0n) is 17.6. The van der Waals surface area contributed by atoms with Crippen molar-refractivity contribution >= 4 is 33.1 Å². The van der Waals surface area contributed by atoms with Crippen molar-refractivity contribution in [2.75, 3.05) is 0 Å². The molecule has 0 aliphatic carbocycles. The fourth-order valence-corrected chi connectivity index (χ4v) is 5.04. The number of para-hydroxylation sites is 1. The van der Waals surface area contributed by atoms with Crippen LogP contribution in [0.25, 0.3) is 5.69 Å². The minimum absolute atomic E-state index is 0.0308. The lowest BCUT2D eigenvalue weighted by Crippen LogP contribution is -2.16. The van der Waals surface area contributed by atoms with Gasteiger partial charge in [0.05, 0.1) is 21.2 Å². The van der Waals surface area contributed by atoms with Crippen molar-refractivity contribution < 1.29 is 22.9 Å². The van der Waals surface area contributed by atoms with Gasteiger partial charge in [-0.2, -0.15) is 9.78 Å². The number of nitro benzene ring substituents is 1. The Labute approximate surface area is 199 Å². The number of rotatable bonds is 6. The van der Waals surface area contributed by atoms with Gasteiger partial charge in [0, 0.05) is 11.1 Å². The monoisotopic (exact) mass is 497 g/mol. The topological polar surface area (TPSA) is 121 Å². The number of ether oxygens (including phenoxy) is 1. The van der Waals surface area contributed by atoms with Crippen LogP contribution in [-0.4, -0.2) is 29.1 Å². The average Bonchev–Trinajstić information content (AvgIpc) is 3.16. The van der Waals surface area contributed by atoms with E-state index in [1.54, 1.807) is 48.5 Å². The van der Waals surface area contributed by atoms with Crippen LogP contribution in [0.3, 0.4) is 0 Å². The zero-order valence-corrected chi connectivity index (χ0v) is 19.2. The number of nitrogens with zero attached hydrogens (tertiary/aromatic N) is 3. The van der Waals surface area contributed by atoms with E-state index >= 15 is 0 Å². The van der Waals surface area contributed by atoms with Crippen molar-refractivity contribution in [3.05, 3.63) is 105 Å². The van der Waals surface area contributed by atoms with Crippen LogP contribution < -0.4 is 4.74 Å². The number of sulfone groups is 1. The van der Waals surface area contributed by atoms with E-state index < -0.39 is 37.9 Å². The van der Waals surface area contributed by atoms with Crippen LogP contribution in [0.5, 0.6) is 5.88 Å². The maximum atomic E-state index is 13.5. The molecular weight excluding hydrogens is 482 g/mol. The summed E-state index contributed by atoms with van der Waals surface area (Å²) in [5, 5.41) is 15.8. The second kappa shape index (κ2) is 9.08. The smallest absolute Gasteiger partial charge is 0.351 e. The molecule has 0 saturated heterocycles. The van der Waals surface area contributed by atoms with Crippen molar-refractivity contribution in [1.82, 2.24) is 9.78 Å². The Morgan fingerprint density at radius 2 is 1.65 bits per heavy atom. The largest absolute Gasteiger partial charge is 0.402 e. The molecule has 0 atom stereocenters. The lowest BCUT2D eigenvalue weighted by atomic mass is 10.2. The lowest BCUT2D eigenvalue weighted by Gasteiger charge is -2.11. The summed E-state index contributed by atoms with van der Waals surface area (Å²) in [4.78, 5) is 23.4. The number of benzene rings is 3. The number of halogens is 1. The first-order valence-electron chi connectivity index (χ1n) is 9.81. The van der Waals surface area contributed by atoms with Gasteiger partial charge in [-0.05, 0) is 43.3 Å². The van der Waals surface area contributed by atoms with Crippen LogP contribution in [0, 0.1) is 17.0 Å². The number of esters is 1. The van der Waals surface area contributed by atoms with Gasteiger partial charge in [0.2, 0.25) is 15.7 Å². The zero-order chi connectivity index (χ0) is 24.5. The van der Waals surface area contributed by atoms with Gasteiger partial charge in [-0.15, -0.1) is 0 Å². The van der Waals surface area contributed by atoms with E-state index in [0.717, 1.165) is 12.1 Å². The molecule has 11 heteroatoms. The summed E-state index contributed by atoms with van der Waals surface area (Å²) in [6.07, 6.45) is 0. The first-order chi connectivity index (χ1) is 16.2. The Kier molecular flexibility index (Phi) is 6.18. The fraction of sp³-hybridized carbons (Fsp3) is 0.0435. The summed E-state index contributed by atoms with van der Waals surface area (Å²) >= 11 is 5.94. The third-order valence-electron chi connectivity index (χ3n) is 4.85. The van der Waals surface area contributed by atoms with E-state index in [-0.39, 0.29) is 20.5 Å². The summed E-state index contributed by atoms with van der Waals surface area (Å²) in [5.41, 5.74) is -0.469. The number of carbonyl (C=O) groups is 1. The molecular formula is C23H16ClN3O6S. The quantitative estimate of drug-likeness (QED) is 0.213. The van der Waals surface area contributed by atoms with Crippen LogP contribution >= 0.6 is 11.6 Å². The molecule has 0 spiro atoms. The Morgan fingerprint density at radius 3 is 2.26 bits per heavy atom. The molecule has 34 heavy (non-hydrogen) atoms. The molecule has 4 aromatic rings. The summed E-state index contributed by atoms with van der Waals surface area (Å²) in [7, 11) is -4.17. The summed E-state index contributed by atoms with van der Waals surface area (Å²) in [5.74, 6) is -1.55. The van der Waals surface area contributed by atoms with Crippen molar-refractivity contribution in [2.45, 2.75) is 16.7 Å². The van der Waals surface area contributed by atoms with E-state index in [0.29, 0.717) is 5.69 Å². The molecule has 0 radical (unpaired) electrons. The fourth-order valence-electron chi connectivity index (χ4n) is 3.33. The molecule has 0 saturated carbocycles. The number of aryl methyl sites for hydroxylation is 1. The molecule has 0 fully saturated rings. The van der Waals surface area contributed by atoms with Crippen LogP contribution in [0.2, 0.25) is 5.02 Å². The summed E-state index contributed by atoms with van der Waals surface area (Å²) < 4.78 is 33.7.